The number of aryl methyl sites for hydroxylation is 1. The number of aliphatic hydroxyl groups excluding tert-OH is 1. The number of aliphatic hydroxyl groups is 1. The molecule has 0 aliphatic rings. The molecule has 1 rings (SSSR count). The lowest BCUT2D eigenvalue weighted by atomic mass is 10.1. The molecule has 1 aromatic carbocycles. The maximum absolute atomic E-state index is 13.1. The van der Waals surface area contributed by atoms with E-state index in [9.17, 15) is 9.18 Å². The smallest absolute Gasteiger partial charge is 0.319 e. The van der Waals surface area contributed by atoms with Crippen molar-refractivity contribution in [3.8, 4) is 0 Å². The van der Waals surface area contributed by atoms with E-state index in [2.05, 4.69) is 10.6 Å². The van der Waals surface area contributed by atoms with Gasteiger partial charge in [-0.05, 0) is 44.5 Å². The summed E-state index contributed by atoms with van der Waals surface area (Å²) in [5.41, 5.74) is 0.391. The van der Waals surface area contributed by atoms with Crippen molar-refractivity contribution in [1.29, 1.82) is 0 Å². The molecule has 4 nitrogen and oxygen atoms in total. The van der Waals surface area contributed by atoms with Gasteiger partial charge in [-0.1, -0.05) is 0 Å². The van der Waals surface area contributed by atoms with Crippen LogP contribution in [-0.4, -0.2) is 23.3 Å². The first-order valence-electron chi connectivity index (χ1n) is 5.29. The lowest BCUT2D eigenvalue weighted by molar-refractivity contribution is 0.187. The van der Waals surface area contributed by atoms with E-state index in [1.165, 1.54) is 12.1 Å². The van der Waals surface area contributed by atoms with E-state index < -0.39 is 17.4 Å². The van der Waals surface area contributed by atoms with E-state index in [-0.39, 0.29) is 6.61 Å². The minimum atomic E-state index is -0.716. The fraction of sp³-hybridized carbons (Fsp3) is 0.417. The van der Waals surface area contributed by atoms with E-state index in [1.54, 1.807) is 26.8 Å². The SMILES string of the molecule is Cc1cc(F)cc(NC(=O)NC(C)(C)CO)c1. The average Bonchev–Trinajstić information content (AvgIpc) is 2.14. The molecule has 0 saturated carbocycles. The molecular formula is C12H17FN2O2. The van der Waals surface area contributed by atoms with Crippen molar-refractivity contribution < 1.29 is 14.3 Å². The molecule has 0 spiro atoms. The summed E-state index contributed by atoms with van der Waals surface area (Å²) < 4.78 is 13.1. The zero-order valence-electron chi connectivity index (χ0n) is 10.2. The summed E-state index contributed by atoms with van der Waals surface area (Å²) >= 11 is 0. The topological polar surface area (TPSA) is 61.4 Å². The molecule has 5 heteroatoms. The number of urea groups is 1. The van der Waals surface area contributed by atoms with Gasteiger partial charge in [0, 0.05) is 5.69 Å². The van der Waals surface area contributed by atoms with Gasteiger partial charge >= 0.3 is 6.03 Å². The van der Waals surface area contributed by atoms with Crippen LogP contribution in [0.2, 0.25) is 0 Å². The molecule has 3 N–H and O–H groups in total. The number of hydrogen-bond acceptors (Lipinski definition) is 2. The van der Waals surface area contributed by atoms with Gasteiger partial charge in [0.2, 0.25) is 0 Å². The highest BCUT2D eigenvalue weighted by atomic mass is 19.1. The predicted molar refractivity (Wildman–Crippen MR) is 64.5 cm³/mol. The molecule has 0 bridgehead atoms. The first-order valence-corrected chi connectivity index (χ1v) is 5.29. The number of anilines is 1. The van der Waals surface area contributed by atoms with Crippen molar-refractivity contribution in [2.24, 2.45) is 0 Å². The maximum atomic E-state index is 13.1. The minimum absolute atomic E-state index is 0.178. The Bertz CT molecular complexity index is 399. The molecule has 0 radical (unpaired) electrons. The van der Waals surface area contributed by atoms with Crippen LogP contribution >= 0.6 is 0 Å². The third kappa shape index (κ3) is 4.40. The molecule has 1 aromatic rings. The van der Waals surface area contributed by atoms with Gasteiger partial charge in [-0.25, -0.2) is 9.18 Å². The van der Waals surface area contributed by atoms with Crippen LogP contribution in [0.25, 0.3) is 0 Å². The zero-order valence-corrected chi connectivity index (χ0v) is 10.2. The van der Waals surface area contributed by atoms with Crippen LogP contribution in [0.3, 0.4) is 0 Å². The fourth-order valence-electron chi connectivity index (χ4n) is 1.32. The number of rotatable bonds is 3. The Morgan fingerprint density at radius 1 is 1.41 bits per heavy atom. The number of carbonyl (C=O) groups is 1. The van der Waals surface area contributed by atoms with Crippen LogP contribution in [0, 0.1) is 12.7 Å². The molecule has 0 heterocycles. The number of carbonyl (C=O) groups excluding carboxylic acids is 1. The highest BCUT2D eigenvalue weighted by molar-refractivity contribution is 5.89. The van der Waals surface area contributed by atoms with Gasteiger partial charge in [0.25, 0.3) is 0 Å². The number of benzene rings is 1. The van der Waals surface area contributed by atoms with Crippen LogP contribution in [0.5, 0.6) is 0 Å². The Kier molecular flexibility index (Phi) is 4.07. The Morgan fingerprint density at radius 3 is 2.59 bits per heavy atom. The largest absolute Gasteiger partial charge is 0.394 e. The molecule has 2 amide bonds. The quantitative estimate of drug-likeness (QED) is 0.757. The van der Waals surface area contributed by atoms with Crippen LogP contribution in [0.4, 0.5) is 14.9 Å². The number of amides is 2. The number of halogens is 1. The van der Waals surface area contributed by atoms with Crippen molar-refractivity contribution >= 4 is 11.7 Å². The minimum Gasteiger partial charge on any atom is -0.394 e. The van der Waals surface area contributed by atoms with Crippen molar-refractivity contribution in [2.45, 2.75) is 26.3 Å². The second kappa shape index (κ2) is 5.14. The molecule has 0 atom stereocenters. The lowest BCUT2D eigenvalue weighted by Gasteiger charge is -2.23. The second-order valence-electron chi connectivity index (χ2n) is 4.64. The molecule has 0 saturated heterocycles. The maximum Gasteiger partial charge on any atom is 0.319 e. The summed E-state index contributed by atoms with van der Waals surface area (Å²) in [4.78, 5) is 11.6. The molecule has 0 fully saturated rings. The summed E-state index contributed by atoms with van der Waals surface area (Å²) in [6, 6.07) is 3.79. The van der Waals surface area contributed by atoms with E-state index in [0.717, 1.165) is 5.56 Å². The summed E-state index contributed by atoms with van der Waals surface area (Å²) in [7, 11) is 0. The van der Waals surface area contributed by atoms with Crippen LogP contribution < -0.4 is 10.6 Å². The molecule has 0 unspecified atom stereocenters. The van der Waals surface area contributed by atoms with Crippen LogP contribution in [0.15, 0.2) is 18.2 Å². The highest BCUT2D eigenvalue weighted by Crippen LogP contribution is 2.13. The number of nitrogens with one attached hydrogen (secondary N) is 2. The highest BCUT2D eigenvalue weighted by Gasteiger charge is 2.18. The standard InChI is InChI=1S/C12H17FN2O2/c1-8-4-9(13)6-10(5-8)14-11(17)15-12(2,3)7-16/h4-6,16H,7H2,1-3H3,(H2,14,15,17). The second-order valence-corrected chi connectivity index (χ2v) is 4.64. The van der Waals surface area contributed by atoms with Crippen molar-refractivity contribution in [2.75, 3.05) is 11.9 Å². The summed E-state index contributed by atoms with van der Waals surface area (Å²) in [6.07, 6.45) is 0. The first-order chi connectivity index (χ1) is 7.82. The average molecular weight is 240 g/mol. The van der Waals surface area contributed by atoms with Crippen molar-refractivity contribution in [3.05, 3.63) is 29.6 Å². The third-order valence-electron chi connectivity index (χ3n) is 2.15. The molecule has 17 heavy (non-hydrogen) atoms. The van der Waals surface area contributed by atoms with Gasteiger partial charge < -0.3 is 15.7 Å². The fourth-order valence-corrected chi connectivity index (χ4v) is 1.32. The van der Waals surface area contributed by atoms with Gasteiger partial charge in [0.15, 0.2) is 0 Å². The summed E-state index contributed by atoms with van der Waals surface area (Å²) in [6.45, 7) is 4.93. The summed E-state index contributed by atoms with van der Waals surface area (Å²) in [5.74, 6) is -0.401. The van der Waals surface area contributed by atoms with E-state index >= 15 is 0 Å². The van der Waals surface area contributed by atoms with Crippen molar-refractivity contribution in [3.63, 3.8) is 0 Å². The van der Waals surface area contributed by atoms with Gasteiger partial charge in [-0.3, -0.25) is 0 Å². The van der Waals surface area contributed by atoms with E-state index in [0.29, 0.717) is 5.69 Å². The van der Waals surface area contributed by atoms with Crippen molar-refractivity contribution in [1.82, 2.24) is 5.32 Å². The van der Waals surface area contributed by atoms with E-state index in [4.69, 9.17) is 5.11 Å². The molecule has 0 aliphatic heterocycles. The van der Waals surface area contributed by atoms with Crippen LogP contribution in [0.1, 0.15) is 19.4 Å². The molecule has 0 aromatic heterocycles. The number of hydrogen-bond donors (Lipinski definition) is 3. The Morgan fingerprint density at radius 2 is 2.06 bits per heavy atom. The Labute approximate surface area is 99.8 Å². The normalized spacial score (nSPS) is 11.1. The van der Waals surface area contributed by atoms with Crippen LogP contribution in [-0.2, 0) is 0 Å². The Hall–Kier alpha value is -1.62. The Balaban J connectivity index is 2.68. The summed E-state index contributed by atoms with van der Waals surface area (Å²) in [5, 5.41) is 14.1. The van der Waals surface area contributed by atoms with Gasteiger partial charge in [0.1, 0.15) is 5.82 Å². The van der Waals surface area contributed by atoms with Gasteiger partial charge in [0.05, 0.1) is 12.1 Å². The lowest BCUT2D eigenvalue weighted by Crippen LogP contribution is -2.48. The van der Waals surface area contributed by atoms with E-state index in [1.807, 2.05) is 0 Å². The first kappa shape index (κ1) is 13.4. The van der Waals surface area contributed by atoms with Gasteiger partial charge in [-0.2, -0.15) is 0 Å². The monoisotopic (exact) mass is 240 g/mol. The molecule has 0 aliphatic carbocycles. The molecule has 94 valence electrons. The zero-order chi connectivity index (χ0) is 13.1. The molecular weight excluding hydrogens is 223 g/mol. The van der Waals surface area contributed by atoms with Gasteiger partial charge in [-0.15, -0.1) is 0 Å². The predicted octanol–water partition coefficient (Wildman–Crippen LogP) is 2.03. The third-order valence-corrected chi connectivity index (χ3v) is 2.15.